The molecule has 0 unspecified atom stereocenters. The zero-order chi connectivity index (χ0) is 20.2. The number of aromatic nitrogens is 2. The van der Waals surface area contributed by atoms with E-state index in [0.717, 1.165) is 23.4 Å². The Bertz CT molecular complexity index is 998. The Morgan fingerprint density at radius 1 is 1.21 bits per heavy atom. The second kappa shape index (κ2) is 9.02. The summed E-state index contributed by atoms with van der Waals surface area (Å²) in [4.78, 5) is 35.4. The number of carbonyl (C=O) groups is 2. The average molecular weight is 447 g/mol. The predicted octanol–water partition coefficient (Wildman–Crippen LogP) is 4.45. The largest absolute Gasteiger partial charge is 0.342 e. The molecule has 1 saturated heterocycles. The number of nitrogens with one attached hydrogen (secondary N) is 1. The van der Waals surface area contributed by atoms with Gasteiger partial charge in [0.1, 0.15) is 5.69 Å². The molecule has 2 amide bonds. The third kappa shape index (κ3) is 4.83. The second-order valence-corrected chi connectivity index (χ2v) is 8.98. The van der Waals surface area contributed by atoms with Crippen LogP contribution in [-0.4, -0.2) is 39.8 Å². The van der Waals surface area contributed by atoms with Gasteiger partial charge in [-0.15, -0.1) is 22.7 Å². The number of carbonyl (C=O) groups excluding carboxylic acids is 2. The minimum atomic E-state index is -0.241. The third-order valence-corrected chi connectivity index (χ3v) is 6.97. The van der Waals surface area contributed by atoms with Crippen LogP contribution in [0.25, 0.3) is 0 Å². The van der Waals surface area contributed by atoms with Gasteiger partial charge in [-0.2, -0.15) is 0 Å². The molecule has 9 heteroatoms. The summed E-state index contributed by atoms with van der Waals surface area (Å²) in [6.45, 7) is 1.38. The summed E-state index contributed by atoms with van der Waals surface area (Å²) in [5.74, 6) is 0.125. The van der Waals surface area contributed by atoms with Gasteiger partial charge in [-0.1, -0.05) is 29.8 Å². The van der Waals surface area contributed by atoms with E-state index in [1.54, 1.807) is 17.6 Å². The molecular weight excluding hydrogens is 428 g/mol. The van der Waals surface area contributed by atoms with Crippen molar-refractivity contribution in [2.75, 3.05) is 18.4 Å². The van der Waals surface area contributed by atoms with Gasteiger partial charge >= 0.3 is 0 Å². The predicted molar refractivity (Wildman–Crippen MR) is 116 cm³/mol. The minimum absolute atomic E-state index is 0.0965. The van der Waals surface area contributed by atoms with Crippen LogP contribution in [0.5, 0.6) is 0 Å². The zero-order valence-corrected chi connectivity index (χ0v) is 17.9. The molecule has 1 aliphatic rings. The van der Waals surface area contributed by atoms with E-state index in [2.05, 4.69) is 15.3 Å². The smallest absolute Gasteiger partial charge is 0.276 e. The van der Waals surface area contributed by atoms with Crippen molar-refractivity contribution in [1.29, 1.82) is 0 Å². The van der Waals surface area contributed by atoms with Crippen molar-refractivity contribution in [3.8, 4) is 0 Å². The number of hydrogen-bond donors (Lipinski definition) is 1. The highest BCUT2D eigenvalue weighted by Gasteiger charge is 2.26. The molecule has 3 aromatic rings. The summed E-state index contributed by atoms with van der Waals surface area (Å²) >= 11 is 9.04. The van der Waals surface area contributed by atoms with Gasteiger partial charge in [-0.25, -0.2) is 9.97 Å². The summed E-state index contributed by atoms with van der Waals surface area (Å²) in [7, 11) is 0. The van der Waals surface area contributed by atoms with E-state index in [9.17, 15) is 9.59 Å². The van der Waals surface area contributed by atoms with Gasteiger partial charge in [-0.05, 0) is 24.5 Å². The maximum atomic E-state index is 12.6. The topological polar surface area (TPSA) is 75.2 Å². The Labute approximate surface area is 181 Å². The van der Waals surface area contributed by atoms with E-state index < -0.39 is 0 Å². The number of benzene rings is 1. The van der Waals surface area contributed by atoms with Crippen molar-refractivity contribution >= 4 is 51.2 Å². The van der Waals surface area contributed by atoms with Crippen LogP contribution >= 0.6 is 34.3 Å². The zero-order valence-electron chi connectivity index (χ0n) is 15.5. The maximum absolute atomic E-state index is 12.6. The van der Waals surface area contributed by atoms with E-state index in [4.69, 9.17) is 11.6 Å². The van der Waals surface area contributed by atoms with E-state index in [1.807, 2.05) is 28.5 Å². The number of halogens is 1. The highest BCUT2D eigenvalue weighted by atomic mass is 35.5. The summed E-state index contributed by atoms with van der Waals surface area (Å²) in [6.07, 6.45) is 3.65. The van der Waals surface area contributed by atoms with Crippen molar-refractivity contribution in [2.45, 2.75) is 25.2 Å². The molecule has 6 nitrogen and oxygen atoms in total. The Balaban J connectivity index is 1.31. The Morgan fingerprint density at radius 3 is 2.72 bits per heavy atom. The number of thiazole rings is 2. The van der Waals surface area contributed by atoms with Gasteiger partial charge in [0, 0.05) is 41.0 Å². The van der Waals surface area contributed by atoms with Gasteiger partial charge in [0.15, 0.2) is 5.13 Å². The van der Waals surface area contributed by atoms with Crippen LogP contribution in [0.3, 0.4) is 0 Å². The maximum Gasteiger partial charge on any atom is 0.276 e. The van der Waals surface area contributed by atoms with Gasteiger partial charge < -0.3 is 4.90 Å². The van der Waals surface area contributed by atoms with Crippen LogP contribution in [0.4, 0.5) is 5.13 Å². The third-order valence-electron chi connectivity index (χ3n) is 4.90. The highest BCUT2D eigenvalue weighted by Crippen LogP contribution is 2.31. The number of piperidine rings is 1. The fourth-order valence-electron chi connectivity index (χ4n) is 3.32. The van der Waals surface area contributed by atoms with Crippen LogP contribution in [0.2, 0.25) is 5.02 Å². The molecule has 4 rings (SSSR count). The fraction of sp³-hybridized carbons (Fsp3) is 0.300. The molecule has 2 aromatic heterocycles. The molecular formula is C20H19ClN4O2S2. The molecule has 150 valence electrons. The van der Waals surface area contributed by atoms with Crippen LogP contribution in [0.1, 0.15) is 39.8 Å². The normalized spacial score (nSPS) is 14.7. The quantitative estimate of drug-likeness (QED) is 0.628. The SMILES string of the molecule is O=C(Nc1nccs1)c1csc(C2CCN(C(=O)Cc3ccccc3Cl)CC2)n1. The molecule has 0 atom stereocenters. The molecule has 0 bridgehead atoms. The summed E-state index contributed by atoms with van der Waals surface area (Å²) in [5.41, 5.74) is 1.27. The van der Waals surface area contributed by atoms with Crippen LogP contribution < -0.4 is 5.32 Å². The molecule has 29 heavy (non-hydrogen) atoms. The molecule has 0 radical (unpaired) electrons. The van der Waals surface area contributed by atoms with E-state index >= 15 is 0 Å². The number of amides is 2. The fourth-order valence-corrected chi connectivity index (χ4v) is 5.02. The van der Waals surface area contributed by atoms with Gasteiger partial charge in [0.2, 0.25) is 5.91 Å². The van der Waals surface area contributed by atoms with Crippen molar-refractivity contribution in [3.63, 3.8) is 0 Å². The molecule has 0 saturated carbocycles. The molecule has 1 aliphatic heterocycles. The lowest BCUT2D eigenvalue weighted by atomic mass is 9.97. The van der Waals surface area contributed by atoms with E-state index in [0.29, 0.717) is 35.4 Å². The first-order valence-corrected chi connectivity index (χ1v) is 11.4. The first kappa shape index (κ1) is 20.0. The first-order valence-electron chi connectivity index (χ1n) is 9.27. The monoisotopic (exact) mass is 446 g/mol. The van der Waals surface area contributed by atoms with E-state index in [1.165, 1.54) is 22.7 Å². The molecule has 0 aliphatic carbocycles. The molecule has 1 fully saturated rings. The van der Waals surface area contributed by atoms with Crippen molar-refractivity contribution < 1.29 is 9.59 Å². The van der Waals surface area contributed by atoms with Crippen molar-refractivity contribution in [3.05, 3.63) is 62.5 Å². The summed E-state index contributed by atoms with van der Waals surface area (Å²) in [5, 5.41) is 8.49. The standard InChI is InChI=1S/C20H19ClN4O2S2/c21-15-4-2-1-3-14(15)11-17(26)25-8-5-13(6-9-25)19-23-16(12-29-19)18(27)24-20-22-7-10-28-20/h1-4,7,10,12-13H,5-6,8-9,11H2,(H,22,24,27). The minimum Gasteiger partial charge on any atom is -0.342 e. The number of nitrogens with zero attached hydrogens (tertiary/aromatic N) is 3. The molecule has 3 heterocycles. The Kier molecular flexibility index (Phi) is 6.22. The van der Waals surface area contributed by atoms with Crippen molar-refractivity contribution in [1.82, 2.24) is 14.9 Å². The van der Waals surface area contributed by atoms with Crippen LogP contribution in [0, 0.1) is 0 Å². The second-order valence-electron chi connectivity index (χ2n) is 6.79. The average Bonchev–Trinajstić information content (AvgIpc) is 3.42. The van der Waals surface area contributed by atoms with E-state index in [-0.39, 0.29) is 17.7 Å². The Morgan fingerprint density at radius 2 is 2.00 bits per heavy atom. The number of anilines is 1. The number of hydrogen-bond acceptors (Lipinski definition) is 6. The van der Waals surface area contributed by atoms with Crippen LogP contribution in [0.15, 0.2) is 41.2 Å². The number of rotatable bonds is 5. The molecule has 1 N–H and O–H groups in total. The number of likely N-dealkylation sites (tertiary alicyclic amines) is 1. The Hall–Kier alpha value is -2.29. The molecule has 1 aromatic carbocycles. The first-order chi connectivity index (χ1) is 14.1. The lowest BCUT2D eigenvalue weighted by molar-refractivity contribution is -0.131. The van der Waals surface area contributed by atoms with Gasteiger partial charge in [0.05, 0.1) is 11.4 Å². The van der Waals surface area contributed by atoms with Gasteiger partial charge in [0.25, 0.3) is 5.91 Å². The lowest BCUT2D eigenvalue weighted by Crippen LogP contribution is -2.38. The van der Waals surface area contributed by atoms with Crippen LogP contribution in [-0.2, 0) is 11.2 Å². The highest BCUT2D eigenvalue weighted by molar-refractivity contribution is 7.13. The molecule has 0 spiro atoms. The van der Waals surface area contributed by atoms with Gasteiger partial charge in [-0.3, -0.25) is 14.9 Å². The lowest BCUT2D eigenvalue weighted by Gasteiger charge is -2.31. The summed E-state index contributed by atoms with van der Waals surface area (Å²) in [6, 6.07) is 7.45. The van der Waals surface area contributed by atoms with Crippen molar-refractivity contribution in [2.24, 2.45) is 0 Å². The summed E-state index contributed by atoms with van der Waals surface area (Å²) < 4.78 is 0.